The first-order chi connectivity index (χ1) is 25.1. The highest BCUT2D eigenvalue weighted by Gasteiger charge is 2.50. The number of hydrogen-bond acceptors (Lipinski definition) is 9. The monoisotopic (exact) mass is 787 g/mol. The van der Waals surface area contributed by atoms with E-state index in [0.29, 0.717) is 85.5 Å². The highest BCUT2D eigenvalue weighted by atomic mass is 32.2. The number of ketones is 1. The van der Waals surface area contributed by atoms with Crippen LogP contribution in [0.15, 0.2) is 69.6 Å². The lowest BCUT2D eigenvalue weighted by Crippen LogP contribution is -2.46. The number of unbranched alkanes of at least 4 members (excludes halogenated alkanes) is 4. The van der Waals surface area contributed by atoms with E-state index < -0.39 is 55.0 Å². The molecule has 0 bridgehead atoms. The number of carboxylic acids is 2. The molecule has 2 aliphatic heterocycles. The minimum absolute atomic E-state index is 0.0176. The lowest BCUT2D eigenvalue weighted by molar-refractivity contribution is -0.438. The van der Waals surface area contributed by atoms with E-state index >= 15 is 0 Å². The molecule has 5 rings (SSSR count). The maximum atomic E-state index is 14.0. The summed E-state index contributed by atoms with van der Waals surface area (Å²) in [6.45, 7) is 8.23. The van der Waals surface area contributed by atoms with Crippen molar-refractivity contribution < 1.29 is 60.2 Å². The molecule has 2 aromatic carbocycles. The summed E-state index contributed by atoms with van der Waals surface area (Å²) in [6.07, 6.45) is 5.42. The van der Waals surface area contributed by atoms with Gasteiger partial charge in [-0.05, 0) is 75.4 Å². The van der Waals surface area contributed by atoms with Crippen LogP contribution in [0.5, 0.6) is 0 Å². The number of hydrogen-bond donors (Lipinski definition) is 5. The first-order valence-corrected chi connectivity index (χ1v) is 20.7. The summed E-state index contributed by atoms with van der Waals surface area (Å²) >= 11 is 0. The number of nitrogens with zero attached hydrogens (tertiary/aromatic N) is 2. The van der Waals surface area contributed by atoms with Crippen molar-refractivity contribution in [2.24, 2.45) is 5.92 Å². The summed E-state index contributed by atoms with van der Waals surface area (Å²) in [5.74, 6) is -3.10. The topological polar surface area (TPSA) is 227 Å². The van der Waals surface area contributed by atoms with E-state index in [4.69, 9.17) is 10.2 Å². The van der Waals surface area contributed by atoms with Crippen LogP contribution in [0.25, 0.3) is 0 Å². The van der Waals surface area contributed by atoms with E-state index in [-0.39, 0.29) is 34.0 Å². The molecule has 0 aromatic heterocycles. The van der Waals surface area contributed by atoms with Crippen LogP contribution in [0, 0.1) is 5.92 Å². The van der Waals surface area contributed by atoms with Crippen LogP contribution < -0.4 is 4.90 Å². The molecule has 2 atom stereocenters. The Morgan fingerprint density at radius 2 is 1.35 bits per heavy atom. The first-order valence-electron chi connectivity index (χ1n) is 17.8. The number of aliphatic hydroxyl groups excluding tert-OH is 1. The van der Waals surface area contributed by atoms with E-state index in [1.54, 1.807) is 24.3 Å². The molecule has 2 heterocycles. The number of allylic oxidation sites excluding steroid dienone is 2. The second-order valence-electron chi connectivity index (χ2n) is 15.1. The number of aliphatic hydroxyl groups is 1. The Kier molecular flexibility index (Phi) is 11.5. The highest BCUT2D eigenvalue weighted by molar-refractivity contribution is 7.86. The number of fused-ring (bicyclic) bond motifs is 2. The first kappa shape index (κ1) is 41.0. The number of anilines is 1. The van der Waals surface area contributed by atoms with Gasteiger partial charge in [-0.25, -0.2) is 0 Å². The third kappa shape index (κ3) is 8.08. The molecule has 2 unspecified atom stereocenters. The minimum Gasteiger partial charge on any atom is -0.481 e. The van der Waals surface area contributed by atoms with Gasteiger partial charge in [-0.15, -0.1) is 0 Å². The van der Waals surface area contributed by atoms with Crippen LogP contribution in [-0.2, 0) is 45.4 Å². The molecule has 1 fully saturated rings. The van der Waals surface area contributed by atoms with Gasteiger partial charge in [0.15, 0.2) is 11.5 Å². The second-order valence-corrected chi connectivity index (χ2v) is 18.0. The van der Waals surface area contributed by atoms with Crippen LogP contribution >= 0.6 is 0 Å². The van der Waals surface area contributed by atoms with Gasteiger partial charge in [0.2, 0.25) is 5.69 Å². The van der Waals surface area contributed by atoms with Gasteiger partial charge in [0.25, 0.3) is 20.2 Å². The van der Waals surface area contributed by atoms with Gasteiger partial charge in [-0.2, -0.15) is 21.4 Å². The molecular formula is C38H47N2O12S2+. The lowest BCUT2D eigenvalue weighted by atomic mass is 9.71. The predicted molar refractivity (Wildman–Crippen MR) is 199 cm³/mol. The van der Waals surface area contributed by atoms with Crippen LogP contribution in [0.1, 0.15) is 90.2 Å². The third-order valence-corrected chi connectivity index (χ3v) is 12.4. The molecule has 0 saturated heterocycles. The highest BCUT2D eigenvalue weighted by Crippen LogP contribution is 2.50. The molecule has 0 amide bonds. The Bertz CT molecular complexity index is 2200. The minimum atomic E-state index is -4.52. The van der Waals surface area contributed by atoms with Gasteiger partial charge in [0.1, 0.15) is 6.54 Å². The van der Waals surface area contributed by atoms with E-state index in [9.17, 15) is 45.4 Å². The fourth-order valence-corrected chi connectivity index (χ4v) is 8.75. The van der Waals surface area contributed by atoms with Crippen LogP contribution in [0.3, 0.4) is 0 Å². The standard InChI is InChI=1S/C38H46N2O12S2/c1-37(2)27-19-23(53(47,48)49)13-15-29(27)39(17-9-5-7-11-33(41)42)31(37)21-25-35(45)26(36(25)46)22-32-38(3,4)28-20-24(54(50,51)52)14-16-30(28)40(32)18-10-6-8-12-34(43)44/h13-16,19-22,25,35,45H,5-12,17-18H2,1-4H3,(H3-,41,42,43,44,47,48,49,50,51,52)/p+1. The van der Waals surface area contributed by atoms with Crippen LogP contribution in [-0.4, -0.2) is 88.5 Å². The summed E-state index contributed by atoms with van der Waals surface area (Å²) in [7, 11) is -9.04. The maximum Gasteiger partial charge on any atom is 0.303 e. The quantitative estimate of drug-likeness (QED) is 0.0653. The summed E-state index contributed by atoms with van der Waals surface area (Å²) in [4.78, 5) is 37.4. The number of rotatable bonds is 16. The zero-order valence-electron chi connectivity index (χ0n) is 30.6. The zero-order valence-corrected chi connectivity index (χ0v) is 32.3. The second kappa shape index (κ2) is 15.1. The van der Waals surface area contributed by atoms with Gasteiger partial charge in [-0.1, -0.05) is 26.3 Å². The molecule has 16 heteroatoms. The van der Waals surface area contributed by atoms with E-state index in [2.05, 4.69) is 0 Å². The van der Waals surface area contributed by atoms with Crippen molar-refractivity contribution in [2.75, 3.05) is 18.0 Å². The van der Waals surface area contributed by atoms with Gasteiger partial charge >= 0.3 is 11.9 Å². The van der Waals surface area contributed by atoms with Gasteiger partial charge < -0.3 is 20.2 Å². The molecule has 1 aliphatic carbocycles. The molecule has 5 N–H and O–H groups in total. The SMILES string of the molecule is CC1(C)C(=CC2C(=O)C(=CC3=[N+](CCCCCC(=O)O)c4ccc(S(=O)(=O)O)cc4C3(C)C)C2O)N(CCCCCC(=O)O)c2ccc(S(=O)(=O)O)cc21. The van der Waals surface area contributed by atoms with Gasteiger partial charge in [-0.3, -0.25) is 23.5 Å². The molecule has 14 nitrogen and oxygen atoms in total. The number of aliphatic carboxylic acids is 2. The van der Waals surface area contributed by atoms with E-state index in [1.165, 1.54) is 24.3 Å². The normalized spacial score (nSPS) is 21.8. The smallest absolute Gasteiger partial charge is 0.303 e. The summed E-state index contributed by atoms with van der Waals surface area (Å²) < 4.78 is 69.7. The molecule has 3 aliphatic rings. The molecule has 292 valence electrons. The molecule has 0 spiro atoms. The Morgan fingerprint density at radius 3 is 1.91 bits per heavy atom. The third-order valence-electron chi connectivity index (χ3n) is 10.7. The number of benzene rings is 2. The fourth-order valence-electron chi connectivity index (χ4n) is 7.74. The predicted octanol–water partition coefficient (Wildman–Crippen LogP) is 5.01. The Morgan fingerprint density at radius 1 is 0.796 bits per heavy atom. The van der Waals surface area contributed by atoms with Crippen molar-refractivity contribution in [3.8, 4) is 0 Å². The number of carbonyl (C=O) groups is 3. The van der Waals surface area contributed by atoms with Crippen molar-refractivity contribution >= 4 is 55.0 Å². The molecule has 2 aromatic rings. The van der Waals surface area contributed by atoms with Crippen molar-refractivity contribution in [2.45, 2.75) is 106 Å². The van der Waals surface area contributed by atoms with Gasteiger partial charge in [0, 0.05) is 65.9 Å². The molecular weight excluding hydrogens is 741 g/mol. The zero-order chi connectivity index (χ0) is 40.0. The Labute approximate surface area is 315 Å². The summed E-state index contributed by atoms with van der Waals surface area (Å²) in [5, 5.41) is 29.7. The molecule has 54 heavy (non-hydrogen) atoms. The van der Waals surface area contributed by atoms with Crippen molar-refractivity contribution in [3.63, 3.8) is 0 Å². The van der Waals surface area contributed by atoms with Crippen molar-refractivity contribution in [1.82, 2.24) is 0 Å². The number of carboxylic acid groups (broad SMARTS) is 2. The number of carbonyl (C=O) groups excluding carboxylic acids is 1. The van der Waals surface area contributed by atoms with E-state index in [0.717, 1.165) is 0 Å². The van der Waals surface area contributed by atoms with Crippen molar-refractivity contribution in [1.29, 1.82) is 0 Å². The maximum absolute atomic E-state index is 14.0. The molecule has 1 saturated carbocycles. The largest absolute Gasteiger partial charge is 0.481 e. The fraction of sp³-hybridized carbons (Fsp3) is 0.474. The van der Waals surface area contributed by atoms with Crippen LogP contribution in [0.4, 0.5) is 11.4 Å². The Hall–Kier alpha value is -4.22. The van der Waals surface area contributed by atoms with Crippen LogP contribution in [0.2, 0.25) is 0 Å². The lowest BCUT2D eigenvalue weighted by Gasteiger charge is -2.35. The van der Waals surface area contributed by atoms with Gasteiger partial charge in [0.05, 0.1) is 27.2 Å². The summed E-state index contributed by atoms with van der Waals surface area (Å²) in [5.41, 5.74) is 2.17. The number of Topliss-reactive ketones (excluding diaryl/α,β-unsaturated/α-hetero) is 1. The van der Waals surface area contributed by atoms with E-state index in [1.807, 2.05) is 37.2 Å². The Balaban J connectivity index is 1.50. The average molecular weight is 788 g/mol. The van der Waals surface area contributed by atoms with Crippen molar-refractivity contribution in [3.05, 3.63) is 70.9 Å². The molecule has 0 radical (unpaired) electrons. The summed E-state index contributed by atoms with van der Waals surface area (Å²) in [6, 6.07) is 8.55. The average Bonchev–Trinajstić information content (AvgIpc) is 3.41.